The predicted octanol–water partition coefficient (Wildman–Crippen LogP) is 3.01. The summed E-state index contributed by atoms with van der Waals surface area (Å²) in [5.41, 5.74) is 1.43. The molecular weight excluding hydrogens is 176 g/mol. The molecule has 82 valence electrons. The minimum Gasteiger partial charge on any atom is -0.495 e. The Balaban J connectivity index is 2.52. The van der Waals surface area contributed by atoms with Gasteiger partial charge in [0, 0.05) is 6.61 Å². The lowest BCUT2D eigenvalue weighted by molar-refractivity contribution is -0.0147. The van der Waals surface area contributed by atoms with Gasteiger partial charge < -0.3 is 9.84 Å². The average Bonchev–Trinajstić information content (AvgIpc) is 2.27. The minimum absolute atomic E-state index is 0.0153. The minimum atomic E-state index is 0.0153. The van der Waals surface area contributed by atoms with Crippen LogP contribution in [0, 0.1) is 0 Å². The molecule has 0 spiro atoms. The molecule has 1 unspecified atom stereocenters. The van der Waals surface area contributed by atoms with Crippen LogP contribution >= 0.6 is 0 Å². The van der Waals surface area contributed by atoms with E-state index in [9.17, 15) is 0 Å². The molecule has 1 atom stereocenters. The first-order chi connectivity index (χ1) is 6.76. The average molecular weight is 198 g/mol. The summed E-state index contributed by atoms with van der Waals surface area (Å²) in [5.74, 6) is 0. The van der Waals surface area contributed by atoms with Gasteiger partial charge in [-0.1, -0.05) is 13.8 Å². The molecule has 2 nitrogen and oxygen atoms in total. The Kier molecular flexibility index (Phi) is 4.46. The Morgan fingerprint density at radius 2 is 2.29 bits per heavy atom. The third-order valence-electron chi connectivity index (χ3n) is 3.27. The van der Waals surface area contributed by atoms with Gasteiger partial charge in [-0.15, -0.1) is 0 Å². The summed E-state index contributed by atoms with van der Waals surface area (Å²) in [5, 5.41) is 8.83. The monoisotopic (exact) mass is 198 g/mol. The van der Waals surface area contributed by atoms with Crippen LogP contribution in [0.4, 0.5) is 0 Å². The van der Waals surface area contributed by atoms with E-state index in [0.29, 0.717) is 0 Å². The second-order valence-electron chi connectivity index (χ2n) is 4.11. The number of hydrogen-bond donors (Lipinski definition) is 1. The number of aliphatic hydroxyl groups is 1. The fourth-order valence-electron chi connectivity index (χ4n) is 2.00. The molecule has 0 amide bonds. The molecule has 1 N–H and O–H groups in total. The van der Waals surface area contributed by atoms with E-state index >= 15 is 0 Å². The van der Waals surface area contributed by atoms with Crippen molar-refractivity contribution >= 4 is 0 Å². The van der Waals surface area contributed by atoms with Crippen LogP contribution in [-0.4, -0.2) is 17.3 Å². The van der Waals surface area contributed by atoms with Crippen molar-refractivity contribution in [3.05, 3.63) is 11.8 Å². The Hall–Kier alpha value is -0.500. The number of aliphatic hydroxyl groups excluding tert-OH is 1. The summed E-state index contributed by atoms with van der Waals surface area (Å²) < 4.78 is 5.85. The largest absolute Gasteiger partial charge is 0.495 e. The summed E-state index contributed by atoms with van der Waals surface area (Å²) in [7, 11) is 0. The summed E-state index contributed by atoms with van der Waals surface area (Å²) in [6.07, 6.45) is 8.19. The molecule has 0 bridgehead atoms. The fraction of sp³-hybridized carbons (Fsp3) is 0.833. The normalized spacial score (nSPS) is 26.9. The molecule has 14 heavy (non-hydrogen) atoms. The summed E-state index contributed by atoms with van der Waals surface area (Å²) in [6.45, 7) is 4.61. The fourth-order valence-corrected chi connectivity index (χ4v) is 2.00. The van der Waals surface area contributed by atoms with Crippen molar-refractivity contribution in [3.63, 3.8) is 0 Å². The van der Waals surface area contributed by atoms with E-state index in [4.69, 9.17) is 9.84 Å². The van der Waals surface area contributed by atoms with Crippen LogP contribution in [0.25, 0.3) is 0 Å². The SMILES string of the molecule is CCC1=COC(CC)(CCCO)CC1. The molecule has 0 aliphatic carbocycles. The first-order valence-corrected chi connectivity index (χ1v) is 5.73. The Morgan fingerprint density at radius 1 is 1.50 bits per heavy atom. The van der Waals surface area contributed by atoms with Gasteiger partial charge in [0.2, 0.25) is 0 Å². The lowest BCUT2D eigenvalue weighted by atomic mass is 9.86. The first-order valence-electron chi connectivity index (χ1n) is 5.73. The van der Waals surface area contributed by atoms with Crippen molar-refractivity contribution in [2.24, 2.45) is 0 Å². The van der Waals surface area contributed by atoms with Gasteiger partial charge in [0.05, 0.1) is 6.26 Å². The van der Waals surface area contributed by atoms with Gasteiger partial charge in [0.15, 0.2) is 0 Å². The smallest absolute Gasteiger partial charge is 0.108 e. The van der Waals surface area contributed by atoms with Gasteiger partial charge in [-0.25, -0.2) is 0 Å². The molecule has 0 radical (unpaired) electrons. The van der Waals surface area contributed by atoms with Crippen LogP contribution in [0.1, 0.15) is 52.4 Å². The van der Waals surface area contributed by atoms with Crippen LogP contribution in [-0.2, 0) is 4.74 Å². The number of ether oxygens (including phenoxy) is 1. The highest BCUT2D eigenvalue weighted by atomic mass is 16.5. The molecule has 1 aliphatic rings. The second kappa shape index (κ2) is 5.40. The quantitative estimate of drug-likeness (QED) is 0.735. The standard InChI is InChI=1S/C12H22O2/c1-3-11-6-8-12(4-2,14-10-11)7-5-9-13/h10,13H,3-9H2,1-2H3. The maximum atomic E-state index is 8.83. The van der Waals surface area contributed by atoms with Crippen molar-refractivity contribution in [2.75, 3.05) is 6.61 Å². The highest BCUT2D eigenvalue weighted by Crippen LogP contribution is 2.34. The Labute approximate surface area is 87.0 Å². The molecule has 0 fully saturated rings. The van der Waals surface area contributed by atoms with E-state index in [1.807, 2.05) is 6.26 Å². The number of hydrogen-bond acceptors (Lipinski definition) is 2. The molecular formula is C12H22O2. The van der Waals surface area contributed by atoms with E-state index in [0.717, 1.165) is 38.5 Å². The zero-order valence-corrected chi connectivity index (χ0v) is 9.38. The van der Waals surface area contributed by atoms with Crippen LogP contribution < -0.4 is 0 Å². The van der Waals surface area contributed by atoms with Gasteiger partial charge in [0.1, 0.15) is 5.60 Å². The second-order valence-corrected chi connectivity index (χ2v) is 4.11. The number of rotatable bonds is 5. The molecule has 0 aromatic carbocycles. The van der Waals surface area contributed by atoms with Crippen molar-refractivity contribution < 1.29 is 9.84 Å². The molecule has 1 aliphatic heterocycles. The highest BCUT2D eigenvalue weighted by molar-refractivity contribution is 5.04. The third-order valence-corrected chi connectivity index (χ3v) is 3.27. The third kappa shape index (κ3) is 2.74. The van der Waals surface area contributed by atoms with Crippen LogP contribution in [0.15, 0.2) is 11.8 Å². The highest BCUT2D eigenvalue weighted by Gasteiger charge is 2.31. The zero-order valence-electron chi connectivity index (χ0n) is 9.38. The van der Waals surface area contributed by atoms with Gasteiger partial charge in [-0.05, 0) is 44.1 Å². The van der Waals surface area contributed by atoms with E-state index in [-0.39, 0.29) is 12.2 Å². The molecule has 0 saturated heterocycles. The van der Waals surface area contributed by atoms with E-state index in [1.165, 1.54) is 5.57 Å². The predicted molar refractivity (Wildman–Crippen MR) is 58.0 cm³/mol. The number of allylic oxidation sites excluding steroid dienone is 1. The van der Waals surface area contributed by atoms with Crippen LogP contribution in [0.2, 0.25) is 0 Å². The molecule has 1 rings (SSSR count). The van der Waals surface area contributed by atoms with E-state index < -0.39 is 0 Å². The van der Waals surface area contributed by atoms with Crippen molar-refractivity contribution in [2.45, 2.75) is 58.0 Å². The molecule has 0 aromatic rings. The van der Waals surface area contributed by atoms with Crippen molar-refractivity contribution in [1.29, 1.82) is 0 Å². The molecule has 1 heterocycles. The lowest BCUT2D eigenvalue weighted by Gasteiger charge is -2.36. The zero-order chi connectivity index (χ0) is 10.4. The molecule has 0 saturated carbocycles. The molecule has 0 aromatic heterocycles. The molecule has 2 heteroatoms. The van der Waals surface area contributed by atoms with Gasteiger partial charge in [-0.2, -0.15) is 0 Å². The first kappa shape index (κ1) is 11.6. The van der Waals surface area contributed by atoms with Crippen molar-refractivity contribution in [1.82, 2.24) is 0 Å². The summed E-state index contributed by atoms with van der Waals surface area (Å²) in [4.78, 5) is 0. The van der Waals surface area contributed by atoms with E-state index in [1.54, 1.807) is 0 Å². The van der Waals surface area contributed by atoms with Gasteiger partial charge in [0.25, 0.3) is 0 Å². The van der Waals surface area contributed by atoms with Crippen LogP contribution in [0.3, 0.4) is 0 Å². The van der Waals surface area contributed by atoms with Crippen molar-refractivity contribution in [3.8, 4) is 0 Å². The summed E-state index contributed by atoms with van der Waals surface area (Å²) >= 11 is 0. The van der Waals surface area contributed by atoms with E-state index in [2.05, 4.69) is 13.8 Å². The summed E-state index contributed by atoms with van der Waals surface area (Å²) in [6, 6.07) is 0. The Bertz CT molecular complexity index is 198. The Morgan fingerprint density at radius 3 is 2.71 bits per heavy atom. The van der Waals surface area contributed by atoms with Gasteiger partial charge in [-0.3, -0.25) is 0 Å². The van der Waals surface area contributed by atoms with Crippen LogP contribution in [0.5, 0.6) is 0 Å². The van der Waals surface area contributed by atoms with Gasteiger partial charge >= 0.3 is 0 Å². The maximum Gasteiger partial charge on any atom is 0.108 e. The maximum absolute atomic E-state index is 8.83. The lowest BCUT2D eigenvalue weighted by Crippen LogP contribution is -2.32. The topological polar surface area (TPSA) is 29.5 Å².